The third-order valence-electron chi connectivity index (χ3n) is 1.74. The fourth-order valence-electron chi connectivity index (χ4n) is 1.06. The van der Waals surface area contributed by atoms with E-state index < -0.39 is 6.09 Å². The Morgan fingerprint density at radius 2 is 1.93 bits per heavy atom. The first-order valence-electron chi connectivity index (χ1n) is 3.94. The van der Waals surface area contributed by atoms with Crippen LogP contribution in [0.5, 0.6) is 0 Å². The predicted octanol–water partition coefficient (Wildman–Crippen LogP) is 2.10. The predicted molar refractivity (Wildman–Crippen MR) is 46.9 cm³/mol. The molecule has 0 aromatic carbocycles. The van der Waals surface area contributed by atoms with Gasteiger partial charge in [-0.2, -0.15) is 0 Å². The topological polar surface area (TPSA) is 60.2 Å². The minimum absolute atomic E-state index is 0.220. The Balaban J connectivity index is 2.19. The third-order valence-corrected chi connectivity index (χ3v) is 1.74. The molecule has 5 nitrogen and oxygen atoms in total. The largest absolute Gasteiger partial charge is 0.459 e. The molecule has 0 aromatic heterocycles. The van der Waals surface area contributed by atoms with Crippen LogP contribution in [0.3, 0.4) is 0 Å². The Bertz CT molecular complexity index is 364. The molecule has 1 aliphatic heterocycles. The monoisotopic (exact) mass is 191 g/mol. The van der Waals surface area contributed by atoms with Crippen molar-refractivity contribution in [2.75, 3.05) is 7.11 Å². The highest BCUT2D eigenvalue weighted by Gasteiger charge is 2.17. The fraction of sp³-hybridized carbons (Fsp3) is 0.111. The summed E-state index contributed by atoms with van der Waals surface area (Å²) in [6.07, 6.45) is 7.04. The Morgan fingerprint density at radius 3 is 2.43 bits per heavy atom. The van der Waals surface area contributed by atoms with Crippen molar-refractivity contribution >= 4 is 6.09 Å². The van der Waals surface area contributed by atoms with Crippen molar-refractivity contribution in [1.82, 2.24) is 0 Å². The molecule has 1 aliphatic carbocycles. The van der Waals surface area contributed by atoms with E-state index in [0.717, 1.165) is 6.10 Å². The summed E-state index contributed by atoms with van der Waals surface area (Å²) in [5, 5.41) is 6.80. The summed E-state index contributed by atoms with van der Waals surface area (Å²) in [6, 6.07) is 0. The molecule has 2 aliphatic rings. The van der Waals surface area contributed by atoms with Gasteiger partial charge in [0.25, 0.3) is 5.88 Å². The summed E-state index contributed by atoms with van der Waals surface area (Å²) in [5.41, 5.74) is 0.695. The zero-order chi connectivity index (χ0) is 9.97. The molecule has 0 aromatic rings. The molecule has 0 atom stereocenters. The van der Waals surface area contributed by atoms with Gasteiger partial charge in [0.2, 0.25) is 0 Å². The first-order chi connectivity index (χ1) is 6.79. The van der Waals surface area contributed by atoms with Gasteiger partial charge in [0.1, 0.15) is 6.10 Å². The highest BCUT2D eigenvalue weighted by molar-refractivity contribution is 5.71. The smallest absolute Gasteiger partial charge is 0.386 e. The number of carbonyl (C=O) groups excluding carboxylic acids is 1. The third kappa shape index (κ3) is 1.62. The van der Waals surface area contributed by atoms with E-state index >= 15 is 0 Å². The molecule has 1 heterocycles. The average Bonchev–Trinajstić information content (AvgIpc) is 2.65. The molecule has 0 bridgehead atoms. The van der Waals surface area contributed by atoms with Gasteiger partial charge in [-0.25, -0.2) is 4.79 Å². The van der Waals surface area contributed by atoms with Gasteiger partial charge in [0.15, 0.2) is 0 Å². The maximum Gasteiger partial charge on any atom is 0.459 e. The number of cyclic esters (lactones) is 1. The molecular weight excluding hydrogens is 184 g/mol. The van der Waals surface area contributed by atoms with Gasteiger partial charge in [-0.15, -0.1) is 5.11 Å². The maximum atomic E-state index is 10.6. The summed E-state index contributed by atoms with van der Waals surface area (Å²) >= 11 is 0. The molecule has 0 unspecified atom stereocenters. The van der Waals surface area contributed by atoms with E-state index in [4.69, 9.17) is 9.47 Å². The van der Waals surface area contributed by atoms with E-state index in [2.05, 4.69) is 10.2 Å². The lowest BCUT2D eigenvalue weighted by Gasteiger charge is -2.08. The summed E-state index contributed by atoms with van der Waals surface area (Å²) in [4.78, 5) is 10.6. The van der Waals surface area contributed by atoms with Crippen LogP contribution in [0.15, 0.2) is 46.0 Å². The zero-order valence-electron chi connectivity index (χ0n) is 7.43. The fourth-order valence-corrected chi connectivity index (χ4v) is 1.06. The number of rotatable bonds is 1. The van der Waals surface area contributed by atoms with E-state index in [1.54, 1.807) is 31.4 Å². The lowest BCUT2D eigenvalue weighted by molar-refractivity contribution is 0.196. The van der Waals surface area contributed by atoms with Gasteiger partial charge >= 0.3 is 6.09 Å². The first-order valence-corrected chi connectivity index (χ1v) is 3.94. The Hall–Kier alpha value is -1.75. The van der Waals surface area contributed by atoms with Crippen molar-refractivity contribution in [3.63, 3.8) is 0 Å². The van der Waals surface area contributed by atoms with Gasteiger partial charge < -0.3 is 9.47 Å². The molecule has 0 fully saturated rings. The number of methoxy groups -OCH3 is 1. The molecule has 14 heavy (non-hydrogen) atoms. The van der Waals surface area contributed by atoms with Crippen LogP contribution in [0.2, 0.25) is 0 Å². The molecule has 1 radical (unpaired) electrons. The molecule has 0 spiro atoms. The Labute approximate surface area is 80.4 Å². The Kier molecular flexibility index (Phi) is 2.24. The van der Waals surface area contributed by atoms with Gasteiger partial charge in [0, 0.05) is 12.7 Å². The van der Waals surface area contributed by atoms with E-state index in [1.165, 1.54) is 0 Å². The number of nitrogens with zero attached hydrogens (tertiary/aromatic N) is 2. The highest BCUT2D eigenvalue weighted by Crippen LogP contribution is 2.23. The van der Waals surface area contributed by atoms with E-state index in [-0.39, 0.29) is 5.88 Å². The van der Waals surface area contributed by atoms with Gasteiger partial charge in [0.05, 0.1) is 0 Å². The molecule has 0 saturated carbocycles. The summed E-state index contributed by atoms with van der Waals surface area (Å²) in [7, 11) is 1.58. The van der Waals surface area contributed by atoms with Crippen molar-refractivity contribution in [2.45, 2.75) is 0 Å². The summed E-state index contributed by atoms with van der Waals surface area (Å²) in [6.45, 7) is 0. The molecule has 1 amide bonds. The van der Waals surface area contributed by atoms with E-state index in [1.807, 2.05) is 0 Å². The second kappa shape index (κ2) is 3.55. The molecule has 5 heteroatoms. The number of allylic oxidation sites excluding steroid dienone is 3. The average molecular weight is 191 g/mol. The lowest BCUT2D eigenvalue weighted by atomic mass is 10.1. The summed E-state index contributed by atoms with van der Waals surface area (Å²) < 4.78 is 9.71. The van der Waals surface area contributed by atoms with Crippen LogP contribution >= 0.6 is 0 Å². The van der Waals surface area contributed by atoms with Crippen LogP contribution in [0.1, 0.15) is 0 Å². The van der Waals surface area contributed by atoms with Gasteiger partial charge in [-0.05, 0) is 12.2 Å². The van der Waals surface area contributed by atoms with Crippen LogP contribution in [0.25, 0.3) is 0 Å². The zero-order valence-corrected chi connectivity index (χ0v) is 7.43. The standard InChI is InChI=1S/C9H7N2O3/c1-13-7-4-2-6(3-5-7)8-10-11-9(12)14-8/h2-5H,1H3. The van der Waals surface area contributed by atoms with Gasteiger partial charge in [-0.1, -0.05) is 17.3 Å². The SMILES string of the molecule is CO[C]1C=CC(=C2N=NC(=O)O2)C=C1. The number of azo groups is 1. The van der Waals surface area contributed by atoms with Crippen molar-refractivity contribution in [1.29, 1.82) is 0 Å². The molecular formula is C9H7N2O3. The lowest BCUT2D eigenvalue weighted by Crippen LogP contribution is -1.98. The quantitative estimate of drug-likeness (QED) is 0.637. The number of hydrogen-bond donors (Lipinski definition) is 0. The highest BCUT2D eigenvalue weighted by atomic mass is 16.6. The minimum atomic E-state index is -0.684. The molecule has 0 N–H and O–H groups in total. The number of hydrogen-bond acceptors (Lipinski definition) is 4. The second-order valence-electron chi connectivity index (χ2n) is 2.60. The minimum Gasteiger partial charge on any atom is -0.386 e. The van der Waals surface area contributed by atoms with Crippen LogP contribution in [0, 0.1) is 6.10 Å². The van der Waals surface area contributed by atoms with Gasteiger partial charge in [-0.3, -0.25) is 0 Å². The second-order valence-corrected chi connectivity index (χ2v) is 2.60. The van der Waals surface area contributed by atoms with Crippen molar-refractivity contribution in [3.8, 4) is 0 Å². The first kappa shape index (κ1) is 8.83. The molecule has 0 saturated heterocycles. The maximum absolute atomic E-state index is 10.6. The normalized spacial score (nSPS) is 20.8. The van der Waals surface area contributed by atoms with E-state index in [0.29, 0.717) is 5.57 Å². The van der Waals surface area contributed by atoms with Crippen LogP contribution in [-0.2, 0) is 9.47 Å². The van der Waals surface area contributed by atoms with E-state index in [9.17, 15) is 4.79 Å². The number of carbonyl (C=O) groups is 1. The van der Waals surface area contributed by atoms with Crippen LogP contribution in [0.4, 0.5) is 4.79 Å². The number of ether oxygens (including phenoxy) is 2. The number of amides is 1. The molecule has 2 rings (SSSR count). The van der Waals surface area contributed by atoms with Crippen molar-refractivity contribution in [3.05, 3.63) is 41.9 Å². The summed E-state index contributed by atoms with van der Waals surface area (Å²) in [5.74, 6) is 0.220. The molecule has 71 valence electrons. The van der Waals surface area contributed by atoms with Crippen LogP contribution in [-0.4, -0.2) is 13.2 Å². The van der Waals surface area contributed by atoms with Crippen molar-refractivity contribution in [2.24, 2.45) is 10.2 Å². The van der Waals surface area contributed by atoms with Crippen molar-refractivity contribution < 1.29 is 14.3 Å². The Morgan fingerprint density at radius 1 is 1.21 bits per heavy atom. The van der Waals surface area contributed by atoms with Crippen LogP contribution < -0.4 is 0 Å².